The number of nitrogens with two attached hydrogens (primary N) is 1. The van der Waals surface area contributed by atoms with Gasteiger partial charge < -0.3 is 10.2 Å². The van der Waals surface area contributed by atoms with Crippen LogP contribution in [0.25, 0.3) is 0 Å². The van der Waals surface area contributed by atoms with Crippen LogP contribution < -0.4 is 5.73 Å². The minimum Gasteiger partial charge on any atom is -0.463 e. The van der Waals surface area contributed by atoms with Crippen molar-refractivity contribution in [3.63, 3.8) is 0 Å². The van der Waals surface area contributed by atoms with Gasteiger partial charge in [-0.25, -0.2) is 0 Å². The standard InChI is InChI=1S/C14H26N2O/c1-4-6-9-16(12(3)5-2)11-14-8-7-13(10-15)17-14/h7-8,12H,4-6,9-11,15H2,1-3H3. The smallest absolute Gasteiger partial charge is 0.118 e. The van der Waals surface area contributed by atoms with Crippen molar-refractivity contribution in [2.75, 3.05) is 6.54 Å². The van der Waals surface area contributed by atoms with Crippen LogP contribution in [0, 0.1) is 0 Å². The maximum absolute atomic E-state index is 5.67. The first kappa shape index (κ1) is 14.3. The van der Waals surface area contributed by atoms with Crippen LogP contribution in [0.2, 0.25) is 0 Å². The second-order valence-electron chi connectivity index (χ2n) is 4.65. The summed E-state index contributed by atoms with van der Waals surface area (Å²) < 4.78 is 5.67. The summed E-state index contributed by atoms with van der Waals surface area (Å²) in [6.45, 7) is 9.27. The Kier molecular flexibility index (Phi) is 6.30. The van der Waals surface area contributed by atoms with E-state index in [1.54, 1.807) is 0 Å². The molecule has 1 rings (SSSR count). The zero-order valence-electron chi connectivity index (χ0n) is 11.4. The van der Waals surface area contributed by atoms with E-state index in [-0.39, 0.29) is 0 Å². The molecule has 0 amide bonds. The summed E-state index contributed by atoms with van der Waals surface area (Å²) in [6, 6.07) is 4.63. The highest BCUT2D eigenvalue weighted by molar-refractivity contribution is 5.06. The molecule has 1 aromatic rings. The molecule has 0 saturated carbocycles. The predicted molar refractivity (Wildman–Crippen MR) is 71.7 cm³/mol. The Morgan fingerprint density at radius 2 is 2.00 bits per heavy atom. The average molecular weight is 238 g/mol. The minimum atomic E-state index is 0.484. The Balaban J connectivity index is 2.57. The first-order valence-corrected chi connectivity index (χ1v) is 6.72. The van der Waals surface area contributed by atoms with E-state index < -0.39 is 0 Å². The van der Waals surface area contributed by atoms with E-state index in [0.717, 1.165) is 24.6 Å². The molecule has 0 bridgehead atoms. The molecular formula is C14H26N2O. The Morgan fingerprint density at radius 3 is 2.53 bits per heavy atom. The van der Waals surface area contributed by atoms with E-state index in [9.17, 15) is 0 Å². The van der Waals surface area contributed by atoms with Gasteiger partial charge in [0.2, 0.25) is 0 Å². The van der Waals surface area contributed by atoms with Crippen molar-refractivity contribution in [3.8, 4) is 0 Å². The highest BCUT2D eigenvalue weighted by atomic mass is 16.3. The first-order chi connectivity index (χ1) is 8.21. The lowest BCUT2D eigenvalue weighted by Gasteiger charge is -2.27. The fourth-order valence-electron chi connectivity index (χ4n) is 1.89. The maximum Gasteiger partial charge on any atom is 0.118 e. The van der Waals surface area contributed by atoms with Gasteiger partial charge in [0.25, 0.3) is 0 Å². The van der Waals surface area contributed by atoms with Gasteiger partial charge in [0.1, 0.15) is 11.5 Å². The molecule has 0 spiro atoms. The van der Waals surface area contributed by atoms with Crippen LogP contribution in [-0.2, 0) is 13.1 Å². The minimum absolute atomic E-state index is 0.484. The van der Waals surface area contributed by atoms with Gasteiger partial charge in [-0.2, -0.15) is 0 Å². The fraction of sp³-hybridized carbons (Fsp3) is 0.714. The molecule has 3 nitrogen and oxygen atoms in total. The monoisotopic (exact) mass is 238 g/mol. The van der Waals surface area contributed by atoms with Crippen molar-refractivity contribution in [2.45, 2.75) is 59.2 Å². The van der Waals surface area contributed by atoms with E-state index in [1.165, 1.54) is 19.3 Å². The summed E-state index contributed by atoms with van der Waals surface area (Å²) in [5.41, 5.74) is 5.55. The molecule has 2 N–H and O–H groups in total. The number of rotatable bonds is 8. The van der Waals surface area contributed by atoms with Crippen LogP contribution in [0.4, 0.5) is 0 Å². The first-order valence-electron chi connectivity index (χ1n) is 6.72. The lowest BCUT2D eigenvalue weighted by Crippen LogP contribution is -2.32. The third kappa shape index (κ3) is 4.52. The van der Waals surface area contributed by atoms with Gasteiger partial charge in [0, 0.05) is 6.04 Å². The van der Waals surface area contributed by atoms with Gasteiger partial charge in [0.05, 0.1) is 13.1 Å². The zero-order chi connectivity index (χ0) is 12.7. The molecule has 98 valence electrons. The Hall–Kier alpha value is -0.800. The fourth-order valence-corrected chi connectivity index (χ4v) is 1.89. The third-order valence-corrected chi connectivity index (χ3v) is 3.29. The van der Waals surface area contributed by atoms with Crippen LogP contribution in [0.15, 0.2) is 16.5 Å². The summed E-state index contributed by atoms with van der Waals surface area (Å²) >= 11 is 0. The number of hydrogen-bond acceptors (Lipinski definition) is 3. The highest BCUT2D eigenvalue weighted by Crippen LogP contribution is 2.14. The lowest BCUT2D eigenvalue weighted by molar-refractivity contribution is 0.177. The van der Waals surface area contributed by atoms with Crippen LogP contribution in [0.3, 0.4) is 0 Å². The highest BCUT2D eigenvalue weighted by Gasteiger charge is 2.13. The Bertz CT molecular complexity index is 309. The van der Waals surface area contributed by atoms with Crippen LogP contribution >= 0.6 is 0 Å². The van der Waals surface area contributed by atoms with E-state index in [4.69, 9.17) is 10.2 Å². The summed E-state index contributed by atoms with van der Waals surface area (Å²) in [4.78, 5) is 2.49. The Labute approximate surface area is 105 Å². The zero-order valence-corrected chi connectivity index (χ0v) is 11.4. The topological polar surface area (TPSA) is 42.4 Å². The number of unbranched alkanes of at least 4 members (excludes halogenated alkanes) is 1. The molecule has 1 unspecified atom stereocenters. The van der Waals surface area contributed by atoms with Gasteiger partial charge in [-0.15, -0.1) is 0 Å². The van der Waals surface area contributed by atoms with Crippen molar-refractivity contribution in [1.29, 1.82) is 0 Å². The summed E-state index contributed by atoms with van der Waals surface area (Å²) in [7, 11) is 0. The van der Waals surface area contributed by atoms with Crippen molar-refractivity contribution in [2.24, 2.45) is 5.73 Å². The second-order valence-corrected chi connectivity index (χ2v) is 4.65. The second kappa shape index (κ2) is 7.51. The van der Waals surface area contributed by atoms with E-state index >= 15 is 0 Å². The summed E-state index contributed by atoms with van der Waals surface area (Å²) in [6.07, 6.45) is 3.65. The van der Waals surface area contributed by atoms with Crippen molar-refractivity contribution < 1.29 is 4.42 Å². The molecule has 17 heavy (non-hydrogen) atoms. The molecule has 1 heterocycles. The number of nitrogens with zero attached hydrogens (tertiary/aromatic N) is 1. The molecule has 3 heteroatoms. The van der Waals surface area contributed by atoms with Gasteiger partial charge >= 0.3 is 0 Å². The van der Waals surface area contributed by atoms with E-state index in [2.05, 4.69) is 25.7 Å². The SMILES string of the molecule is CCCCN(Cc1ccc(CN)o1)C(C)CC. The third-order valence-electron chi connectivity index (χ3n) is 3.29. The van der Waals surface area contributed by atoms with Crippen molar-refractivity contribution in [1.82, 2.24) is 4.90 Å². The van der Waals surface area contributed by atoms with Gasteiger partial charge in [-0.1, -0.05) is 20.3 Å². The van der Waals surface area contributed by atoms with Crippen LogP contribution in [0.5, 0.6) is 0 Å². The molecular weight excluding hydrogens is 212 g/mol. The van der Waals surface area contributed by atoms with E-state index in [1.807, 2.05) is 12.1 Å². The number of furan rings is 1. The molecule has 0 aromatic carbocycles. The van der Waals surface area contributed by atoms with E-state index in [0.29, 0.717) is 12.6 Å². The summed E-state index contributed by atoms with van der Waals surface area (Å²) in [5.74, 6) is 1.90. The van der Waals surface area contributed by atoms with Crippen LogP contribution in [0.1, 0.15) is 51.6 Å². The predicted octanol–water partition coefficient (Wildman–Crippen LogP) is 3.14. The lowest BCUT2D eigenvalue weighted by atomic mass is 10.2. The molecule has 0 radical (unpaired) electrons. The molecule has 0 fully saturated rings. The van der Waals surface area contributed by atoms with Gasteiger partial charge in [-0.05, 0) is 38.4 Å². The summed E-state index contributed by atoms with van der Waals surface area (Å²) in [5, 5.41) is 0. The van der Waals surface area contributed by atoms with Gasteiger partial charge in [0.15, 0.2) is 0 Å². The quantitative estimate of drug-likeness (QED) is 0.756. The molecule has 0 aliphatic heterocycles. The molecule has 0 aliphatic carbocycles. The van der Waals surface area contributed by atoms with Crippen molar-refractivity contribution in [3.05, 3.63) is 23.7 Å². The Morgan fingerprint density at radius 1 is 1.29 bits per heavy atom. The maximum atomic E-state index is 5.67. The average Bonchev–Trinajstić information content (AvgIpc) is 2.81. The normalized spacial score (nSPS) is 13.2. The molecule has 1 aromatic heterocycles. The van der Waals surface area contributed by atoms with Gasteiger partial charge in [-0.3, -0.25) is 4.90 Å². The molecule has 0 aliphatic rings. The van der Waals surface area contributed by atoms with Crippen molar-refractivity contribution >= 4 is 0 Å². The molecule has 0 saturated heterocycles. The largest absolute Gasteiger partial charge is 0.463 e. The number of hydrogen-bond donors (Lipinski definition) is 1. The molecule has 1 atom stereocenters. The van der Waals surface area contributed by atoms with Crippen LogP contribution in [-0.4, -0.2) is 17.5 Å².